The molecule has 2 rings (SSSR count). The van der Waals surface area contributed by atoms with Gasteiger partial charge in [0.25, 0.3) is 0 Å². The number of nitrogens with one attached hydrogen (secondary N) is 2. The average Bonchev–Trinajstić information content (AvgIpc) is 2.58. The molecule has 2 unspecified atom stereocenters. The van der Waals surface area contributed by atoms with E-state index in [2.05, 4.69) is 17.6 Å². The fourth-order valence-corrected chi connectivity index (χ4v) is 2.86. The molecule has 0 radical (unpaired) electrons. The van der Waals surface area contributed by atoms with Crippen molar-refractivity contribution in [2.45, 2.75) is 32.4 Å². The van der Waals surface area contributed by atoms with Crippen LogP contribution in [0, 0.1) is 5.92 Å². The molecule has 1 fully saturated rings. The summed E-state index contributed by atoms with van der Waals surface area (Å²) in [4.78, 5) is 12.3. The Bertz CT molecular complexity index is 522. The topological polar surface area (TPSA) is 68.8 Å². The van der Waals surface area contributed by atoms with Crippen LogP contribution in [0.15, 0.2) is 12.1 Å². The summed E-state index contributed by atoms with van der Waals surface area (Å²) in [5.41, 5.74) is 0.900. The Labute approximate surface area is 137 Å². The first-order chi connectivity index (χ1) is 11.1. The Hall–Kier alpha value is -1.95. The molecule has 0 saturated carbocycles. The summed E-state index contributed by atoms with van der Waals surface area (Å²) in [5, 5.41) is 6.24. The SMILES string of the molecule is COc1cc(CNC(=O)C2CC(C)CCN2)cc(OC)c1OC. The molecule has 1 saturated heterocycles. The van der Waals surface area contributed by atoms with Crippen LogP contribution in [0.25, 0.3) is 0 Å². The number of methoxy groups -OCH3 is 3. The van der Waals surface area contributed by atoms with Crippen LogP contribution < -0.4 is 24.8 Å². The summed E-state index contributed by atoms with van der Waals surface area (Å²) in [5.74, 6) is 2.33. The van der Waals surface area contributed by atoms with Gasteiger partial charge in [-0.25, -0.2) is 0 Å². The van der Waals surface area contributed by atoms with E-state index in [4.69, 9.17) is 14.2 Å². The van der Waals surface area contributed by atoms with E-state index in [0.717, 1.165) is 24.9 Å². The van der Waals surface area contributed by atoms with Gasteiger partial charge in [0.05, 0.1) is 27.4 Å². The Kier molecular flexibility index (Phi) is 6.10. The summed E-state index contributed by atoms with van der Waals surface area (Å²) in [6.07, 6.45) is 2.00. The molecule has 2 atom stereocenters. The van der Waals surface area contributed by atoms with Gasteiger partial charge in [-0.2, -0.15) is 0 Å². The summed E-state index contributed by atoms with van der Waals surface area (Å²) >= 11 is 0. The third-order valence-corrected chi connectivity index (χ3v) is 4.17. The van der Waals surface area contributed by atoms with Gasteiger partial charge in [-0.3, -0.25) is 4.79 Å². The average molecular weight is 322 g/mol. The molecule has 6 heteroatoms. The lowest BCUT2D eigenvalue weighted by atomic mass is 9.94. The largest absolute Gasteiger partial charge is 0.493 e. The summed E-state index contributed by atoms with van der Waals surface area (Å²) in [6.45, 7) is 3.49. The van der Waals surface area contributed by atoms with Crippen LogP contribution in [0.3, 0.4) is 0 Å². The van der Waals surface area contributed by atoms with Crippen molar-refractivity contribution in [1.29, 1.82) is 0 Å². The third kappa shape index (κ3) is 4.28. The molecular formula is C17H26N2O4. The highest BCUT2D eigenvalue weighted by molar-refractivity contribution is 5.81. The molecule has 1 aromatic carbocycles. The molecule has 1 aliphatic rings. The van der Waals surface area contributed by atoms with E-state index in [1.54, 1.807) is 21.3 Å². The first-order valence-corrected chi connectivity index (χ1v) is 7.89. The number of hydrogen-bond acceptors (Lipinski definition) is 5. The van der Waals surface area contributed by atoms with E-state index in [0.29, 0.717) is 29.7 Å². The van der Waals surface area contributed by atoms with Crippen molar-refractivity contribution < 1.29 is 19.0 Å². The normalized spacial score (nSPS) is 20.7. The predicted molar refractivity (Wildman–Crippen MR) is 88.1 cm³/mol. The zero-order valence-corrected chi connectivity index (χ0v) is 14.3. The first-order valence-electron chi connectivity index (χ1n) is 7.89. The summed E-state index contributed by atoms with van der Waals surface area (Å²) in [6, 6.07) is 3.58. The number of rotatable bonds is 6. The van der Waals surface area contributed by atoms with Crippen molar-refractivity contribution in [3.8, 4) is 17.2 Å². The Balaban J connectivity index is 2.03. The van der Waals surface area contributed by atoms with Gasteiger partial charge in [-0.05, 0) is 43.0 Å². The maximum absolute atomic E-state index is 12.3. The van der Waals surface area contributed by atoms with Crippen molar-refractivity contribution >= 4 is 5.91 Å². The minimum Gasteiger partial charge on any atom is -0.493 e. The molecular weight excluding hydrogens is 296 g/mol. The van der Waals surface area contributed by atoms with Gasteiger partial charge in [0.2, 0.25) is 11.7 Å². The maximum atomic E-state index is 12.3. The van der Waals surface area contributed by atoms with Gasteiger partial charge in [-0.15, -0.1) is 0 Å². The van der Waals surface area contributed by atoms with Crippen molar-refractivity contribution in [3.63, 3.8) is 0 Å². The van der Waals surface area contributed by atoms with Crippen LogP contribution >= 0.6 is 0 Å². The van der Waals surface area contributed by atoms with E-state index >= 15 is 0 Å². The molecule has 1 heterocycles. The second kappa shape index (κ2) is 8.06. The maximum Gasteiger partial charge on any atom is 0.237 e. The van der Waals surface area contributed by atoms with E-state index in [9.17, 15) is 4.79 Å². The highest BCUT2D eigenvalue weighted by atomic mass is 16.5. The summed E-state index contributed by atoms with van der Waals surface area (Å²) < 4.78 is 16.0. The molecule has 0 spiro atoms. The van der Waals surface area contributed by atoms with Crippen molar-refractivity contribution in [2.75, 3.05) is 27.9 Å². The van der Waals surface area contributed by atoms with Gasteiger partial charge in [0.15, 0.2) is 11.5 Å². The van der Waals surface area contributed by atoms with E-state index < -0.39 is 0 Å². The van der Waals surface area contributed by atoms with Gasteiger partial charge in [0.1, 0.15) is 0 Å². The van der Waals surface area contributed by atoms with Gasteiger partial charge < -0.3 is 24.8 Å². The Morgan fingerprint density at radius 1 is 1.22 bits per heavy atom. The van der Waals surface area contributed by atoms with Crippen LogP contribution in [0.1, 0.15) is 25.3 Å². The molecule has 1 aliphatic heterocycles. The molecule has 0 aliphatic carbocycles. The second-order valence-corrected chi connectivity index (χ2v) is 5.89. The second-order valence-electron chi connectivity index (χ2n) is 5.89. The third-order valence-electron chi connectivity index (χ3n) is 4.17. The zero-order valence-electron chi connectivity index (χ0n) is 14.3. The zero-order chi connectivity index (χ0) is 16.8. The van der Waals surface area contributed by atoms with Crippen molar-refractivity contribution in [1.82, 2.24) is 10.6 Å². The van der Waals surface area contributed by atoms with Gasteiger partial charge in [-0.1, -0.05) is 6.92 Å². The van der Waals surface area contributed by atoms with Crippen LogP contribution in [0.5, 0.6) is 17.2 Å². The number of hydrogen-bond donors (Lipinski definition) is 2. The van der Waals surface area contributed by atoms with Crippen LogP contribution in [0.2, 0.25) is 0 Å². The van der Waals surface area contributed by atoms with E-state index in [1.165, 1.54) is 0 Å². The highest BCUT2D eigenvalue weighted by Gasteiger charge is 2.24. The molecule has 23 heavy (non-hydrogen) atoms. The van der Waals surface area contributed by atoms with Gasteiger partial charge >= 0.3 is 0 Å². The number of amides is 1. The minimum atomic E-state index is -0.110. The van der Waals surface area contributed by atoms with Crippen molar-refractivity contribution in [3.05, 3.63) is 17.7 Å². The van der Waals surface area contributed by atoms with Gasteiger partial charge in [0, 0.05) is 6.54 Å². The standard InChI is InChI=1S/C17H26N2O4/c1-11-5-6-18-13(7-11)17(20)19-10-12-8-14(21-2)16(23-4)15(9-12)22-3/h8-9,11,13,18H,5-7,10H2,1-4H3,(H,19,20). The van der Waals surface area contributed by atoms with Crippen LogP contribution in [0.4, 0.5) is 0 Å². The van der Waals surface area contributed by atoms with E-state index in [-0.39, 0.29) is 11.9 Å². The summed E-state index contributed by atoms with van der Waals surface area (Å²) in [7, 11) is 4.72. The van der Waals surface area contributed by atoms with Crippen molar-refractivity contribution in [2.24, 2.45) is 5.92 Å². The minimum absolute atomic E-state index is 0.0327. The number of carbonyl (C=O) groups excluding carboxylic acids is 1. The predicted octanol–water partition coefficient (Wildman–Crippen LogP) is 1.72. The Morgan fingerprint density at radius 2 is 1.87 bits per heavy atom. The smallest absolute Gasteiger partial charge is 0.237 e. The molecule has 1 aromatic rings. The fraction of sp³-hybridized carbons (Fsp3) is 0.588. The first kappa shape index (κ1) is 17.4. The monoisotopic (exact) mass is 322 g/mol. The van der Waals surface area contributed by atoms with E-state index in [1.807, 2.05) is 12.1 Å². The molecule has 0 bridgehead atoms. The fourth-order valence-electron chi connectivity index (χ4n) is 2.86. The number of carbonyl (C=O) groups is 1. The number of benzene rings is 1. The lowest BCUT2D eigenvalue weighted by molar-refractivity contribution is -0.124. The molecule has 0 aromatic heterocycles. The molecule has 6 nitrogen and oxygen atoms in total. The highest BCUT2D eigenvalue weighted by Crippen LogP contribution is 2.38. The Morgan fingerprint density at radius 3 is 2.39 bits per heavy atom. The molecule has 128 valence electrons. The lowest BCUT2D eigenvalue weighted by Crippen LogP contribution is -2.48. The van der Waals surface area contributed by atoms with Crippen LogP contribution in [-0.2, 0) is 11.3 Å². The lowest BCUT2D eigenvalue weighted by Gasteiger charge is -2.27. The quantitative estimate of drug-likeness (QED) is 0.834. The van der Waals surface area contributed by atoms with Crippen LogP contribution in [-0.4, -0.2) is 39.8 Å². The molecule has 1 amide bonds. The number of piperidine rings is 1. The molecule has 2 N–H and O–H groups in total. The number of ether oxygens (including phenoxy) is 3.